The van der Waals surface area contributed by atoms with Gasteiger partial charge in [0.25, 0.3) is 0 Å². The second-order valence-corrected chi connectivity index (χ2v) is 6.18. The zero-order chi connectivity index (χ0) is 13.2. The predicted octanol–water partition coefficient (Wildman–Crippen LogP) is 1.97. The Balaban J connectivity index is 1.78. The van der Waals surface area contributed by atoms with Crippen molar-refractivity contribution in [2.24, 2.45) is 0 Å². The molecule has 0 aromatic heterocycles. The summed E-state index contributed by atoms with van der Waals surface area (Å²) in [6, 6.07) is 8.37. The zero-order valence-electron chi connectivity index (χ0n) is 11.2. The summed E-state index contributed by atoms with van der Waals surface area (Å²) in [6.45, 7) is 4.42. The van der Waals surface area contributed by atoms with Crippen LogP contribution < -0.4 is 4.90 Å². The average molecular weight is 277 g/mol. The Hall–Kier alpha value is -1.20. The van der Waals surface area contributed by atoms with Crippen LogP contribution in [0.15, 0.2) is 29.2 Å². The molecule has 19 heavy (non-hydrogen) atoms. The maximum atomic E-state index is 12.6. The number of nitrogens with zero attached hydrogens (tertiary/aromatic N) is 3. The summed E-state index contributed by atoms with van der Waals surface area (Å²) in [4.78, 5) is 20.1. The molecular weight excluding hydrogens is 258 g/mol. The first-order valence-electron chi connectivity index (χ1n) is 6.72. The molecule has 0 unspecified atom stereocenters. The van der Waals surface area contributed by atoms with Crippen molar-refractivity contribution < 1.29 is 4.79 Å². The number of rotatable bonds is 0. The van der Waals surface area contributed by atoms with Gasteiger partial charge in [-0.25, -0.2) is 4.79 Å². The molecule has 0 saturated carbocycles. The Kier molecular flexibility index (Phi) is 3.66. The quantitative estimate of drug-likeness (QED) is 0.725. The highest BCUT2D eigenvalue weighted by Crippen LogP contribution is 2.34. The van der Waals surface area contributed by atoms with E-state index in [9.17, 15) is 4.79 Å². The third-order valence-electron chi connectivity index (χ3n) is 3.73. The Morgan fingerprint density at radius 3 is 2.63 bits per heavy atom. The maximum Gasteiger partial charge on any atom is 0.324 e. The second-order valence-electron chi connectivity index (χ2n) is 5.04. The Morgan fingerprint density at radius 1 is 1.11 bits per heavy atom. The number of thioether (sulfide) groups is 1. The summed E-state index contributed by atoms with van der Waals surface area (Å²) in [5, 5.41) is 0. The SMILES string of the molecule is CN1CCN(C(=O)N2CCSc3ccccc32)CC1. The highest BCUT2D eigenvalue weighted by Gasteiger charge is 2.28. The topological polar surface area (TPSA) is 26.8 Å². The van der Waals surface area contributed by atoms with E-state index in [1.807, 2.05) is 33.7 Å². The summed E-state index contributed by atoms with van der Waals surface area (Å²) in [7, 11) is 2.11. The van der Waals surface area contributed by atoms with Crippen LogP contribution in [0.2, 0.25) is 0 Å². The number of piperazine rings is 1. The van der Waals surface area contributed by atoms with Crippen molar-refractivity contribution in [2.45, 2.75) is 4.90 Å². The Labute approximate surface area is 118 Å². The van der Waals surface area contributed by atoms with Gasteiger partial charge in [-0.3, -0.25) is 4.90 Å². The number of fused-ring (bicyclic) bond motifs is 1. The highest BCUT2D eigenvalue weighted by atomic mass is 32.2. The summed E-state index contributed by atoms with van der Waals surface area (Å²) in [5.41, 5.74) is 1.07. The fourth-order valence-electron chi connectivity index (χ4n) is 2.54. The standard InChI is InChI=1S/C14H19N3OS/c1-15-6-8-16(9-7-15)14(18)17-10-11-19-13-5-3-2-4-12(13)17/h2-5H,6-11H2,1H3. The normalized spacial score (nSPS) is 20.3. The largest absolute Gasteiger partial charge is 0.324 e. The van der Waals surface area contributed by atoms with Crippen molar-refractivity contribution in [3.8, 4) is 0 Å². The summed E-state index contributed by atoms with van der Waals surface area (Å²) in [6.07, 6.45) is 0. The minimum atomic E-state index is 0.167. The van der Waals surface area contributed by atoms with Crippen LogP contribution in [0.4, 0.5) is 10.5 Å². The number of likely N-dealkylation sites (N-methyl/N-ethyl adjacent to an activating group) is 1. The zero-order valence-corrected chi connectivity index (χ0v) is 12.0. The van der Waals surface area contributed by atoms with E-state index >= 15 is 0 Å². The molecular formula is C14H19N3OS. The van der Waals surface area contributed by atoms with Crippen molar-refractivity contribution in [3.63, 3.8) is 0 Å². The minimum absolute atomic E-state index is 0.167. The van der Waals surface area contributed by atoms with E-state index in [1.54, 1.807) is 0 Å². The molecule has 102 valence electrons. The number of hydrogen-bond donors (Lipinski definition) is 0. The van der Waals surface area contributed by atoms with Gasteiger partial charge in [0.1, 0.15) is 0 Å². The number of hydrogen-bond acceptors (Lipinski definition) is 3. The molecule has 1 aromatic rings. The van der Waals surface area contributed by atoms with Crippen molar-refractivity contribution >= 4 is 23.5 Å². The molecule has 0 bridgehead atoms. The number of para-hydroxylation sites is 1. The van der Waals surface area contributed by atoms with Gasteiger partial charge in [0.2, 0.25) is 0 Å². The van der Waals surface area contributed by atoms with Crippen molar-refractivity contribution in [1.82, 2.24) is 9.80 Å². The third-order valence-corrected chi connectivity index (χ3v) is 4.78. The van der Waals surface area contributed by atoms with Crippen LogP contribution in [0, 0.1) is 0 Å². The number of anilines is 1. The maximum absolute atomic E-state index is 12.6. The van der Waals surface area contributed by atoms with Gasteiger partial charge < -0.3 is 9.80 Å². The summed E-state index contributed by atoms with van der Waals surface area (Å²) < 4.78 is 0. The Bertz CT molecular complexity index is 472. The lowest BCUT2D eigenvalue weighted by molar-refractivity contribution is 0.159. The van der Waals surface area contributed by atoms with E-state index in [-0.39, 0.29) is 6.03 Å². The molecule has 0 radical (unpaired) electrons. The molecule has 1 aromatic carbocycles. The van der Waals surface area contributed by atoms with Gasteiger partial charge in [0, 0.05) is 43.4 Å². The fourth-order valence-corrected chi connectivity index (χ4v) is 3.53. The number of amides is 2. The number of carbonyl (C=O) groups excluding carboxylic acids is 1. The van der Waals surface area contributed by atoms with Crippen molar-refractivity contribution in [1.29, 1.82) is 0 Å². The van der Waals surface area contributed by atoms with E-state index in [0.29, 0.717) is 0 Å². The van der Waals surface area contributed by atoms with Gasteiger partial charge in [-0.2, -0.15) is 0 Å². The average Bonchev–Trinajstić information content (AvgIpc) is 2.47. The molecule has 3 rings (SSSR count). The monoisotopic (exact) mass is 277 g/mol. The van der Waals surface area contributed by atoms with Gasteiger partial charge in [-0.15, -0.1) is 11.8 Å². The van der Waals surface area contributed by atoms with E-state index < -0.39 is 0 Å². The van der Waals surface area contributed by atoms with Gasteiger partial charge in [0.15, 0.2) is 0 Å². The van der Waals surface area contributed by atoms with Gasteiger partial charge in [0.05, 0.1) is 5.69 Å². The Morgan fingerprint density at radius 2 is 1.84 bits per heavy atom. The van der Waals surface area contributed by atoms with Crippen LogP contribution in [-0.2, 0) is 0 Å². The molecule has 4 nitrogen and oxygen atoms in total. The van der Waals surface area contributed by atoms with Crippen LogP contribution in [0.5, 0.6) is 0 Å². The summed E-state index contributed by atoms with van der Waals surface area (Å²) >= 11 is 1.84. The molecule has 2 heterocycles. The number of urea groups is 1. The molecule has 1 fully saturated rings. The smallest absolute Gasteiger partial charge is 0.322 e. The molecule has 0 atom stereocenters. The molecule has 0 N–H and O–H groups in total. The third kappa shape index (κ3) is 2.58. The van der Waals surface area contributed by atoms with Crippen LogP contribution in [0.3, 0.4) is 0 Å². The molecule has 2 aliphatic rings. The molecule has 0 spiro atoms. The lowest BCUT2D eigenvalue weighted by Crippen LogP contribution is -2.53. The van der Waals surface area contributed by atoms with Crippen molar-refractivity contribution in [3.05, 3.63) is 24.3 Å². The van der Waals surface area contributed by atoms with E-state index in [1.165, 1.54) is 4.90 Å². The van der Waals surface area contributed by atoms with E-state index in [0.717, 1.165) is 44.2 Å². The molecule has 2 aliphatic heterocycles. The summed E-state index contributed by atoms with van der Waals surface area (Å²) in [5.74, 6) is 0.983. The van der Waals surface area contributed by atoms with E-state index in [2.05, 4.69) is 24.1 Å². The van der Waals surface area contributed by atoms with E-state index in [4.69, 9.17) is 0 Å². The van der Waals surface area contributed by atoms with Crippen LogP contribution in [0.25, 0.3) is 0 Å². The van der Waals surface area contributed by atoms with Gasteiger partial charge in [-0.05, 0) is 19.2 Å². The number of carbonyl (C=O) groups is 1. The lowest BCUT2D eigenvalue weighted by Gasteiger charge is -2.37. The highest BCUT2D eigenvalue weighted by molar-refractivity contribution is 7.99. The van der Waals surface area contributed by atoms with Crippen LogP contribution in [0.1, 0.15) is 0 Å². The first kappa shape index (κ1) is 12.8. The lowest BCUT2D eigenvalue weighted by atomic mass is 10.2. The fraction of sp³-hybridized carbons (Fsp3) is 0.500. The van der Waals surface area contributed by atoms with Crippen LogP contribution in [-0.4, -0.2) is 61.4 Å². The molecule has 2 amide bonds. The van der Waals surface area contributed by atoms with Crippen LogP contribution >= 0.6 is 11.8 Å². The predicted molar refractivity (Wildman–Crippen MR) is 79.0 cm³/mol. The first-order chi connectivity index (χ1) is 9.25. The second kappa shape index (κ2) is 5.43. The first-order valence-corrected chi connectivity index (χ1v) is 7.71. The minimum Gasteiger partial charge on any atom is -0.322 e. The molecule has 5 heteroatoms. The molecule has 0 aliphatic carbocycles. The van der Waals surface area contributed by atoms with Gasteiger partial charge >= 0.3 is 6.03 Å². The van der Waals surface area contributed by atoms with Crippen molar-refractivity contribution in [2.75, 3.05) is 50.4 Å². The molecule has 1 saturated heterocycles. The van der Waals surface area contributed by atoms with Gasteiger partial charge in [-0.1, -0.05) is 12.1 Å². The number of benzene rings is 1.